The summed E-state index contributed by atoms with van der Waals surface area (Å²) in [6, 6.07) is 9.34. The van der Waals surface area contributed by atoms with Crippen molar-refractivity contribution in [1.29, 1.82) is 0 Å². The van der Waals surface area contributed by atoms with E-state index in [1.165, 1.54) is 0 Å². The molecule has 1 aromatic heterocycles. The number of aryl methyl sites for hydroxylation is 2. The quantitative estimate of drug-likeness (QED) is 0.932. The van der Waals surface area contributed by atoms with Crippen molar-refractivity contribution in [3.63, 3.8) is 0 Å². The first-order valence-corrected chi connectivity index (χ1v) is 6.43. The van der Waals surface area contributed by atoms with E-state index in [9.17, 15) is 4.79 Å². The number of amides is 1. The van der Waals surface area contributed by atoms with Gasteiger partial charge in [0.25, 0.3) is 0 Å². The van der Waals surface area contributed by atoms with Gasteiger partial charge >= 0.3 is 0 Å². The van der Waals surface area contributed by atoms with Crippen LogP contribution >= 0.6 is 11.6 Å². The zero-order valence-electron chi connectivity index (χ0n) is 11.0. The lowest BCUT2D eigenvalue weighted by Gasteiger charge is -2.05. The Kier molecular flexibility index (Phi) is 4.22. The molecule has 0 spiro atoms. The van der Waals surface area contributed by atoms with Crippen molar-refractivity contribution in [3.8, 4) is 0 Å². The van der Waals surface area contributed by atoms with Gasteiger partial charge in [-0.15, -0.1) is 0 Å². The molecule has 0 aliphatic carbocycles. The number of halogens is 1. The number of carbonyl (C=O) groups is 1. The van der Waals surface area contributed by atoms with Crippen LogP contribution in [0.3, 0.4) is 0 Å². The molecular formula is C14H16ClN3O. The molecule has 1 amide bonds. The van der Waals surface area contributed by atoms with Crippen LogP contribution in [0, 0.1) is 6.92 Å². The number of hydrogen-bond donors (Lipinski definition) is 1. The van der Waals surface area contributed by atoms with Crippen LogP contribution in [0.5, 0.6) is 0 Å². The third-order valence-corrected chi connectivity index (χ3v) is 3.10. The average molecular weight is 278 g/mol. The smallest absolute Gasteiger partial charge is 0.226 e. The van der Waals surface area contributed by atoms with E-state index in [1.54, 1.807) is 4.68 Å². The molecule has 0 atom stereocenters. The van der Waals surface area contributed by atoms with Crippen molar-refractivity contribution < 1.29 is 4.79 Å². The minimum atomic E-state index is -0.0158. The van der Waals surface area contributed by atoms with Crippen LogP contribution in [0.2, 0.25) is 5.02 Å². The molecule has 1 heterocycles. The number of aromatic nitrogens is 2. The minimum Gasteiger partial charge on any atom is -0.352 e. The molecule has 19 heavy (non-hydrogen) atoms. The summed E-state index contributed by atoms with van der Waals surface area (Å²) in [6.07, 6.45) is 0.338. The molecule has 0 unspecified atom stereocenters. The van der Waals surface area contributed by atoms with Crippen LogP contribution in [0.25, 0.3) is 0 Å². The highest BCUT2D eigenvalue weighted by molar-refractivity contribution is 6.30. The van der Waals surface area contributed by atoms with Gasteiger partial charge in [-0.2, -0.15) is 5.10 Å². The van der Waals surface area contributed by atoms with E-state index in [1.807, 2.05) is 44.3 Å². The second kappa shape index (κ2) is 5.89. The number of hydrogen-bond acceptors (Lipinski definition) is 2. The Morgan fingerprint density at radius 1 is 1.37 bits per heavy atom. The minimum absolute atomic E-state index is 0.0158. The molecule has 100 valence electrons. The maximum Gasteiger partial charge on any atom is 0.226 e. The maximum absolute atomic E-state index is 11.8. The highest BCUT2D eigenvalue weighted by Gasteiger charge is 2.08. The van der Waals surface area contributed by atoms with Gasteiger partial charge in [-0.3, -0.25) is 9.48 Å². The largest absolute Gasteiger partial charge is 0.352 e. The Hall–Kier alpha value is -1.81. The van der Waals surface area contributed by atoms with Crippen molar-refractivity contribution in [3.05, 3.63) is 52.3 Å². The van der Waals surface area contributed by atoms with Crippen LogP contribution in [0.1, 0.15) is 17.0 Å². The van der Waals surface area contributed by atoms with Crippen molar-refractivity contribution in [2.45, 2.75) is 19.9 Å². The SMILES string of the molecule is Cc1cc(CC(=O)NCc2ccc(Cl)cc2)n(C)n1. The Labute approximate surface area is 117 Å². The predicted octanol–water partition coefficient (Wildman–Crippen LogP) is 2.24. The molecule has 0 fully saturated rings. The topological polar surface area (TPSA) is 46.9 Å². The second-order valence-electron chi connectivity index (χ2n) is 4.48. The first-order valence-electron chi connectivity index (χ1n) is 6.05. The van der Waals surface area contributed by atoms with Gasteiger partial charge < -0.3 is 5.32 Å². The summed E-state index contributed by atoms with van der Waals surface area (Å²) >= 11 is 5.80. The fourth-order valence-corrected chi connectivity index (χ4v) is 1.99. The number of nitrogens with one attached hydrogen (secondary N) is 1. The van der Waals surface area contributed by atoms with Gasteiger partial charge in [0.1, 0.15) is 0 Å². The van der Waals surface area contributed by atoms with Crippen LogP contribution in [0.15, 0.2) is 30.3 Å². The van der Waals surface area contributed by atoms with E-state index in [0.29, 0.717) is 18.0 Å². The zero-order chi connectivity index (χ0) is 13.8. The number of carbonyl (C=O) groups excluding carboxylic acids is 1. The van der Waals surface area contributed by atoms with Crippen molar-refractivity contribution in [2.24, 2.45) is 7.05 Å². The summed E-state index contributed by atoms with van der Waals surface area (Å²) in [5.74, 6) is -0.0158. The molecule has 1 aromatic carbocycles. The van der Waals surface area contributed by atoms with Gasteiger partial charge in [0.2, 0.25) is 5.91 Å². The summed E-state index contributed by atoms with van der Waals surface area (Å²) in [5, 5.41) is 7.79. The summed E-state index contributed by atoms with van der Waals surface area (Å²) in [6.45, 7) is 2.42. The van der Waals surface area contributed by atoms with Crippen molar-refractivity contribution >= 4 is 17.5 Å². The van der Waals surface area contributed by atoms with Crippen LogP contribution < -0.4 is 5.32 Å². The fourth-order valence-electron chi connectivity index (χ4n) is 1.86. The number of benzene rings is 1. The molecule has 0 aliphatic heterocycles. The van der Waals surface area contributed by atoms with Gasteiger partial charge in [-0.05, 0) is 30.7 Å². The van der Waals surface area contributed by atoms with Crippen molar-refractivity contribution in [2.75, 3.05) is 0 Å². The lowest BCUT2D eigenvalue weighted by atomic mass is 10.2. The molecule has 0 saturated heterocycles. The molecule has 0 saturated carbocycles. The maximum atomic E-state index is 11.8. The highest BCUT2D eigenvalue weighted by atomic mass is 35.5. The Bertz CT molecular complexity index is 575. The number of nitrogens with zero attached hydrogens (tertiary/aromatic N) is 2. The normalized spacial score (nSPS) is 10.5. The van der Waals surface area contributed by atoms with Gasteiger partial charge in [-0.25, -0.2) is 0 Å². The predicted molar refractivity (Wildman–Crippen MR) is 74.9 cm³/mol. The van der Waals surface area contributed by atoms with E-state index < -0.39 is 0 Å². The van der Waals surface area contributed by atoms with Crippen molar-refractivity contribution in [1.82, 2.24) is 15.1 Å². The Morgan fingerprint density at radius 2 is 2.05 bits per heavy atom. The monoisotopic (exact) mass is 277 g/mol. The second-order valence-corrected chi connectivity index (χ2v) is 4.92. The molecule has 5 heteroatoms. The van der Waals surface area contributed by atoms with Crippen LogP contribution in [-0.4, -0.2) is 15.7 Å². The molecular weight excluding hydrogens is 262 g/mol. The van der Waals surface area contributed by atoms with E-state index in [-0.39, 0.29) is 5.91 Å². The fraction of sp³-hybridized carbons (Fsp3) is 0.286. The molecule has 2 rings (SSSR count). The molecule has 1 N–H and O–H groups in total. The third-order valence-electron chi connectivity index (χ3n) is 2.84. The molecule has 0 bridgehead atoms. The van der Waals surface area contributed by atoms with Gasteiger partial charge in [-0.1, -0.05) is 23.7 Å². The Balaban J connectivity index is 1.88. The van der Waals surface area contributed by atoms with E-state index in [4.69, 9.17) is 11.6 Å². The van der Waals surface area contributed by atoms with Gasteiger partial charge in [0.15, 0.2) is 0 Å². The number of rotatable bonds is 4. The van der Waals surface area contributed by atoms with E-state index in [2.05, 4.69) is 10.4 Å². The lowest BCUT2D eigenvalue weighted by Crippen LogP contribution is -2.25. The first kappa shape index (κ1) is 13.6. The summed E-state index contributed by atoms with van der Waals surface area (Å²) in [5.41, 5.74) is 2.85. The molecule has 2 aromatic rings. The van der Waals surface area contributed by atoms with E-state index in [0.717, 1.165) is 17.0 Å². The molecule has 0 aliphatic rings. The highest BCUT2D eigenvalue weighted by Crippen LogP contribution is 2.09. The summed E-state index contributed by atoms with van der Waals surface area (Å²) < 4.78 is 1.73. The average Bonchev–Trinajstić information content (AvgIpc) is 2.67. The molecule has 0 radical (unpaired) electrons. The van der Waals surface area contributed by atoms with Crippen LogP contribution in [0.4, 0.5) is 0 Å². The van der Waals surface area contributed by atoms with Crippen LogP contribution in [-0.2, 0) is 24.8 Å². The van der Waals surface area contributed by atoms with E-state index >= 15 is 0 Å². The summed E-state index contributed by atoms with van der Waals surface area (Å²) in [4.78, 5) is 11.8. The zero-order valence-corrected chi connectivity index (χ0v) is 11.7. The summed E-state index contributed by atoms with van der Waals surface area (Å²) in [7, 11) is 1.84. The van der Waals surface area contributed by atoms with Gasteiger partial charge in [0.05, 0.1) is 12.1 Å². The Morgan fingerprint density at radius 3 is 2.63 bits per heavy atom. The lowest BCUT2D eigenvalue weighted by molar-refractivity contribution is -0.120. The molecule has 4 nitrogen and oxygen atoms in total. The first-order chi connectivity index (χ1) is 9.04. The third kappa shape index (κ3) is 3.83. The standard InChI is InChI=1S/C14H16ClN3O/c1-10-7-13(18(2)17-10)8-14(19)16-9-11-3-5-12(15)6-4-11/h3-7H,8-9H2,1-2H3,(H,16,19). The van der Waals surface area contributed by atoms with Gasteiger partial charge in [0, 0.05) is 24.3 Å².